The van der Waals surface area contributed by atoms with Crippen molar-refractivity contribution in [2.75, 3.05) is 12.1 Å². The fourth-order valence-electron chi connectivity index (χ4n) is 2.97. The molecule has 0 aromatic heterocycles. The number of amides is 1. The van der Waals surface area contributed by atoms with Crippen LogP contribution in [0.1, 0.15) is 13.3 Å². The lowest BCUT2D eigenvalue weighted by Crippen LogP contribution is -2.32. The molecule has 0 bridgehead atoms. The number of benzene rings is 3. The summed E-state index contributed by atoms with van der Waals surface area (Å²) in [5, 5.41) is 4.96. The second kappa shape index (κ2) is 6.96. The van der Waals surface area contributed by atoms with E-state index in [4.69, 9.17) is 14.2 Å². The Balaban J connectivity index is 1.52. The number of fused-ring (bicyclic) bond motifs is 2. The maximum atomic E-state index is 12.7. The number of carbonyl (C=O) groups is 1. The third-order valence-electron chi connectivity index (χ3n) is 4.32. The van der Waals surface area contributed by atoms with Gasteiger partial charge in [0, 0.05) is 17.1 Å². The molecule has 0 aliphatic carbocycles. The van der Waals surface area contributed by atoms with Gasteiger partial charge in [-0.2, -0.15) is 0 Å². The summed E-state index contributed by atoms with van der Waals surface area (Å²) >= 11 is 0. The Bertz CT molecular complexity index is 948. The van der Waals surface area contributed by atoms with Crippen molar-refractivity contribution in [1.82, 2.24) is 0 Å². The first-order valence-corrected chi connectivity index (χ1v) is 8.59. The van der Waals surface area contributed by atoms with E-state index in [0.717, 1.165) is 10.8 Å². The molecular weight excluding hydrogens is 330 g/mol. The summed E-state index contributed by atoms with van der Waals surface area (Å²) in [5.41, 5.74) is 0.652. The SMILES string of the molecule is CC[C@H](Oc1cccc2ccccc12)C(=O)Nc1ccc2c(c1)OCO2. The van der Waals surface area contributed by atoms with Crippen LogP contribution in [0.15, 0.2) is 60.7 Å². The van der Waals surface area contributed by atoms with Gasteiger partial charge in [-0.05, 0) is 30.0 Å². The van der Waals surface area contributed by atoms with Crippen LogP contribution in [0.4, 0.5) is 5.69 Å². The van der Waals surface area contributed by atoms with Crippen molar-refractivity contribution in [2.45, 2.75) is 19.4 Å². The number of hydrogen-bond acceptors (Lipinski definition) is 4. The predicted octanol–water partition coefficient (Wildman–Crippen LogP) is 4.36. The lowest BCUT2D eigenvalue weighted by Gasteiger charge is -2.18. The van der Waals surface area contributed by atoms with Crippen LogP contribution in [0.2, 0.25) is 0 Å². The Kier molecular flexibility index (Phi) is 4.35. The van der Waals surface area contributed by atoms with Gasteiger partial charge in [0.2, 0.25) is 6.79 Å². The van der Waals surface area contributed by atoms with E-state index >= 15 is 0 Å². The molecular formula is C21H19NO4. The van der Waals surface area contributed by atoms with E-state index in [-0.39, 0.29) is 12.7 Å². The van der Waals surface area contributed by atoms with Gasteiger partial charge in [0.15, 0.2) is 17.6 Å². The molecule has 0 unspecified atom stereocenters. The van der Waals surface area contributed by atoms with Gasteiger partial charge in [-0.1, -0.05) is 43.3 Å². The molecule has 0 radical (unpaired) electrons. The average Bonchev–Trinajstić information content (AvgIpc) is 3.14. The molecule has 1 N–H and O–H groups in total. The van der Waals surface area contributed by atoms with Gasteiger partial charge in [0.1, 0.15) is 5.75 Å². The molecule has 1 amide bonds. The summed E-state index contributed by atoms with van der Waals surface area (Å²) in [6, 6.07) is 19.1. The maximum absolute atomic E-state index is 12.7. The summed E-state index contributed by atoms with van der Waals surface area (Å²) in [4.78, 5) is 12.7. The zero-order valence-corrected chi connectivity index (χ0v) is 14.4. The number of hydrogen-bond donors (Lipinski definition) is 1. The van der Waals surface area contributed by atoms with Gasteiger partial charge < -0.3 is 19.5 Å². The zero-order valence-electron chi connectivity index (χ0n) is 14.4. The van der Waals surface area contributed by atoms with Gasteiger partial charge in [-0.3, -0.25) is 4.79 Å². The normalized spacial score (nSPS) is 13.4. The Morgan fingerprint density at radius 1 is 1.08 bits per heavy atom. The van der Waals surface area contributed by atoms with Crippen LogP contribution in [-0.2, 0) is 4.79 Å². The highest BCUT2D eigenvalue weighted by molar-refractivity contribution is 5.95. The summed E-state index contributed by atoms with van der Waals surface area (Å²) < 4.78 is 16.7. The van der Waals surface area contributed by atoms with Gasteiger partial charge in [-0.25, -0.2) is 0 Å². The fourth-order valence-corrected chi connectivity index (χ4v) is 2.97. The van der Waals surface area contributed by atoms with E-state index in [1.807, 2.05) is 49.4 Å². The van der Waals surface area contributed by atoms with Crippen LogP contribution < -0.4 is 19.5 Å². The number of carbonyl (C=O) groups excluding carboxylic acids is 1. The maximum Gasteiger partial charge on any atom is 0.265 e. The number of anilines is 1. The van der Waals surface area contributed by atoms with Gasteiger partial charge in [0.05, 0.1) is 0 Å². The van der Waals surface area contributed by atoms with Crippen LogP contribution in [0, 0.1) is 0 Å². The third-order valence-corrected chi connectivity index (χ3v) is 4.32. The third kappa shape index (κ3) is 3.16. The van der Waals surface area contributed by atoms with Crippen molar-refractivity contribution in [3.05, 3.63) is 60.7 Å². The minimum absolute atomic E-state index is 0.195. The molecule has 0 spiro atoms. The van der Waals surface area contributed by atoms with E-state index in [1.54, 1.807) is 18.2 Å². The second-order valence-electron chi connectivity index (χ2n) is 6.05. The van der Waals surface area contributed by atoms with Crippen LogP contribution in [0.25, 0.3) is 10.8 Å². The minimum Gasteiger partial charge on any atom is -0.480 e. The molecule has 5 heteroatoms. The zero-order chi connectivity index (χ0) is 17.9. The van der Waals surface area contributed by atoms with E-state index in [1.165, 1.54) is 0 Å². The molecule has 1 aliphatic heterocycles. The highest BCUT2D eigenvalue weighted by atomic mass is 16.7. The molecule has 3 aromatic carbocycles. The molecule has 4 rings (SSSR count). The summed E-state index contributed by atoms with van der Waals surface area (Å²) in [6.45, 7) is 2.13. The first-order valence-electron chi connectivity index (χ1n) is 8.59. The molecule has 0 fully saturated rings. The molecule has 0 saturated heterocycles. The Morgan fingerprint density at radius 2 is 1.88 bits per heavy atom. The van der Waals surface area contributed by atoms with E-state index in [2.05, 4.69) is 5.32 Å². The summed E-state index contributed by atoms with van der Waals surface area (Å²) in [5.74, 6) is 1.82. The quantitative estimate of drug-likeness (QED) is 0.743. The van der Waals surface area contributed by atoms with Gasteiger partial charge in [0.25, 0.3) is 5.91 Å². The highest BCUT2D eigenvalue weighted by Crippen LogP contribution is 2.34. The molecule has 1 atom stereocenters. The van der Waals surface area contributed by atoms with Crippen molar-refractivity contribution in [1.29, 1.82) is 0 Å². The Hall–Kier alpha value is -3.21. The minimum atomic E-state index is -0.591. The number of rotatable bonds is 5. The summed E-state index contributed by atoms with van der Waals surface area (Å²) in [7, 11) is 0. The van der Waals surface area contributed by atoms with Crippen molar-refractivity contribution < 1.29 is 19.0 Å². The first kappa shape index (κ1) is 16.3. The van der Waals surface area contributed by atoms with Crippen molar-refractivity contribution in [3.8, 4) is 17.2 Å². The van der Waals surface area contributed by atoms with Crippen molar-refractivity contribution in [2.24, 2.45) is 0 Å². The van der Waals surface area contributed by atoms with E-state index in [0.29, 0.717) is 29.4 Å². The lowest BCUT2D eigenvalue weighted by atomic mass is 10.1. The van der Waals surface area contributed by atoms with Crippen LogP contribution in [0.5, 0.6) is 17.2 Å². The highest BCUT2D eigenvalue weighted by Gasteiger charge is 2.21. The molecule has 3 aromatic rings. The van der Waals surface area contributed by atoms with Gasteiger partial charge >= 0.3 is 0 Å². The molecule has 0 saturated carbocycles. The first-order chi connectivity index (χ1) is 12.7. The topological polar surface area (TPSA) is 56.8 Å². The molecule has 26 heavy (non-hydrogen) atoms. The molecule has 1 heterocycles. The number of nitrogens with one attached hydrogen (secondary N) is 1. The smallest absolute Gasteiger partial charge is 0.265 e. The number of ether oxygens (including phenoxy) is 3. The van der Waals surface area contributed by atoms with E-state index < -0.39 is 6.10 Å². The average molecular weight is 349 g/mol. The van der Waals surface area contributed by atoms with Crippen molar-refractivity contribution >= 4 is 22.4 Å². The fraction of sp³-hybridized carbons (Fsp3) is 0.190. The standard InChI is InChI=1S/C21H19NO4/c1-2-17(26-18-9-5-7-14-6-3-4-8-16(14)18)21(23)22-15-10-11-19-20(12-15)25-13-24-19/h3-12,17H,2,13H2,1H3,(H,22,23)/t17-/m0/s1. The molecule has 5 nitrogen and oxygen atoms in total. The predicted molar refractivity (Wildman–Crippen MR) is 99.8 cm³/mol. The Morgan fingerprint density at radius 3 is 2.77 bits per heavy atom. The van der Waals surface area contributed by atoms with Crippen molar-refractivity contribution in [3.63, 3.8) is 0 Å². The lowest BCUT2D eigenvalue weighted by molar-refractivity contribution is -0.122. The van der Waals surface area contributed by atoms with Gasteiger partial charge in [-0.15, -0.1) is 0 Å². The van der Waals surface area contributed by atoms with E-state index in [9.17, 15) is 4.79 Å². The monoisotopic (exact) mass is 349 g/mol. The molecule has 1 aliphatic rings. The summed E-state index contributed by atoms with van der Waals surface area (Å²) in [6.07, 6.45) is -0.0363. The molecule has 132 valence electrons. The van der Waals surface area contributed by atoms with Crippen LogP contribution in [0.3, 0.4) is 0 Å². The van der Waals surface area contributed by atoms with Crippen LogP contribution >= 0.6 is 0 Å². The second-order valence-corrected chi connectivity index (χ2v) is 6.05. The van der Waals surface area contributed by atoms with Crippen LogP contribution in [-0.4, -0.2) is 18.8 Å². The largest absolute Gasteiger partial charge is 0.480 e. The Labute approximate surface area is 151 Å².